The highest BCUT2D eigenvalue weighted by Gasteiger charge is 2.33. The molecule has 7 nitrogen and oxygen atoms in total. The second kappa shape index (κ2) is 14.7. The number of unbranched alkanes of at least 4 members (excludes halogenated alkanes) is 1. The first-order valence-corrected chi connectivity index (χ1v) is 15.0. The Labute approximate surface area is 236 Å². The molecule has 0 heterocycles. The maximum atomic E-state index is 13.9. The number of nitrogens with zero attached hydrogens (tertiary/aromatic N) is 2. The van der Waals surface area contributed by atoms with Crippen molar-refractivity contribution in [1.82, 2.24) is 10.2 Å². The Morgan fingerprint density at radius 1 is 0.897 bits per heavy atom. The summed E-state index contributed by atoms with van der Waals surface area (Å²) >= 11 is 6.06. The van der Waals surface area contributed by atoms with Gasteiger partial charge in [-0.15, -0.1) is 0 Å². The number of hydrogen-bond acceptors (Lipinski definition) is 4. The van der Waals surface area contributed by atoms with E-state index in [1.165, 1.54) is 17.0 Å². The Kier molecular flexibility index (Phi) is 11.4. The maximum absolute atomic E-state index is 13.9. The fraction of sp³-hybridized carbons (Fsp3) is 0.333. The van der Waals surface area contributed by atoms with Crippen LogP contribution in [-0.2, 0) is 26.0 Å². The van der Waals surface area contributed by atoms with Crippen molar-refractivity contribution in [2.75, 3.05) is 23.9 Å². The summed E-state index contributed by atoms with van der Waals surface area (Å²) in [6.45, 7) is 4.21. The van der Waals surface area contributed by atoms with Crippen LogP contribution >= 0.6 is 11.6 Å². The fourth-order valence-electron chi connectivity index (χ4n) is 4.26. The molecule has 208 valence electrons. The lowest BCUT2D eigenvalue weighted by Gasteiger charge is -2.33. The molecule has 1 N–H and O–H groups in total. The SMILES string of the molecule is CCCCNC(=O)C(CC)N(CCc1ccccc1)C(=O)CN(c1ccc(Cl)cc1)S(=O)(=O)c1ccccc1. The van der Waals surface area contributed by atoms with Gasteiger partial charge < -0.3 is 10.2 Å². The minimum Gasteiger partial charge on any atom is -0.354 e. The van der Waals surface area contributed by atoms with Gasteiger partial charge in [0.1, 0.15) is 12.6 Å². The van der Waals surface area contributed by atoms with Crippen molar-refractivity contribution in [2.24, 2.45) is 0 Å². The van der Waals surface area contributed by atoms with Crippen LogP contribution in [0, 0.1) is 0 Å². The van der Waals surface area contributed by atoms with Crippen LogP contribution in [0.2, 0.25) is 5.02 Å². The normalized spacial score (nSPS) is 12.0. The molecule has 0 aliphatic heterocycles. The predicted octanol–water partition coefficient (Wildman–Crippen LogP) is 5.30. The van der Waals surface area contributed by atoms with Crippen LogP contribution in [0.4, 0.5) is 5.69 Å². The number of amides is 2. The van der Waals surface area contributed by atoms with Crippen LogP contribution in [0.25, 0.3) is 0 Å². The van der Waals surface area contributed by atoms with E-state index in [4.69, 9.17) is 11.6 Å². The third-order valence-corrected chi connectivity index (χ3v) is 8.46. The topological polar surface area (TPSA) is 86.8 Å². The molecule has 0 spiro atoms. The molecule has 0 bridgehead atoms. The third kappa shape index (κ3) is 8.31. The van der Waals surface area contributed by atoms with Gasteiger partial charge in [-0.25, -0.2) is 8.42 Å². The van der Waals surface area contributed by atoms with Crippen molar-refractivity contribution in [3.8, 4) is 0 Å². The van der Waals surface area contributed by atoms with Gasteiger partial charge in [-0.1, -0.05) is 80.4 Å². The first kappa shape index (κ1) is 30.2. The molecule has 0 fully saturated rings. The van der Waals surface area contributed by atoms with E-state index >= 15 is 0 Å². The number of carbonyl (C=O) groups excluding carboxylic acids is 2. The summed E-state index contributed by atoms with van der Waals surface area (Å²) in [6.07, 6.45) is 2.68. The Balaban J connectivity index is 1.96. The standard InChI is InChI=1S/C30H36ClN3O4S/c1-3-5-21-32-30(36)28(4-2)33(22-20-24-12-8-6-9-13-24)29(35)23-34(26-18-16-25(31)17-19-26)39(37,38)27-14-10-7-11-15-27/h6-19,28H,3-5,20-23H2,1-2H3,(H,32,36). The quantitative estimate of drug-likeness (QED) is 0.267. The average molecular weight is 570 g/mol. The number of anilines is 1. The first-order chi connectivity index (χ1) is 18.8. The zero-order valence-electron chi connectivity index (χ0n) is 22.4. The van der Waals surface area contributed by atoms with Crippen molar-refractivity contribution in [3.05, 3.63) is 95.5 Å². The molecule has 1 atom stereocenters. The number of rotatable bonds is 14. The van der Waals surface area contributed by atoms with Gasteiger partial charge in [0.25, 0.3) is 10.0 Å². The fourth-order valence-corrected chi connectivity index (χ4v) is 5.82. The van der Waals surface area contributed by atoms with Crippen molar-refractivity contribution >= 4 is 39.1 Å². The van der Waals surface area contributed by atoms with Crippen molar-refractivity contribution < 1.29 is 18.0 Å². The smallest absolute Gasteiger partial charge is 0.264 e. The highest BCUT2D eigenvalue weighted by atomic mass is 35.5. The number of carbonyl (C=O) groups is 2. The second-order valence-electron chi connectivity index (χ2n) is 9.19. The van der Waals surface area contributed by atoms with Crippen molar-refractivity contribution in [3.63, 3.8) is 0 Å². The van der Waals surface area contributed by atoms with E-state index in [1.54, 1.807) is 42.5 Å². The molecule has 0 radical (unpaired) electrons. The monoisotopic (exact) mass is 569 g/mol. The maximum Gasteiger partial charge on any atom is 0.264 e. The minimum atomic E-state index is -4.09. The zero-order chi connectivity index (χ0) is 28.3. The molecule has 3 rings (SSSR count). The molecule has 3 aromatic carbocycles. The molecule has 1 unspecified atom stereocenters. The van der Waals surface area contributed by atoms with Gasteiger partial charge in [0, 0.05) is 18.1 Å². The molecule has 39 heavy (non-hydrogen) atoms. The van der Waals surface area contributed by atoms with Gasteiger partial charge >= 0.3 is 0 Å². The highest BCUT2D eigenvalue weighted by Crippen LogP contribution is 2.26. The molecule has 0 saturated heterocycles. The van der Waals surface area contributed by atoms with Gasteiger partial charge in [-0.3, -0.25) is 13.9 Å². The van der Waals surface area contributed by atoms with E-state index in [0.29, 0.717) is 30.1 Å². The molecule has 0 aliphatic carbocycles. The molecular formula is C30H36ClN3O4S. The lowest BCUT2D eigenvalue weighted by molar-refractivity contribution is -0.139. The van der Waals surface area contributed by atoms with E-state index in [0.717, 1.165) is 22.7 Å². The highest BCUT2D eigenvalue weighted by molar-refractivity contribution is 7.92. The summed E-state index contributed by atoms with van der Waals surface area (Å²) in [4.78, 5) is 28.7. The summed E-state index contributed by atoms with van der Waals surface area (Å²) in [6, 6.07) is 23.2. The molecule has 9 heteroatoms. The number of nitrogens with one attached hydrogen (secondary N) is 1. The van der Waals surface area contributed by atoms with Crippen LogP contribution in [-0.4, -0.2) is 50.8 Å². The van der Waals surface area contributed by atoms with Crippen molar-refractivity contribution in [2.45, 2.75) is 50.5 Å². The number of halogens is 1. The summed E-state index contributed by atoms with van der Waals surface area (Å²) < 4.78 is 28.6. The lowest BCUT2D eigenvalue weighted by Crippen LogP contribution is -2.53. The van der Waals surface area contributed by atoms with E-state index in [-0.39, 0.29) is 17.3 Å². The van der Waals surface area contributed by atoms with Gasteiger partial charge in [-0.05, 0) is 61.2 Å². The summed E-state index contributed by atoms with van der Waals surface area (Å²) in [7, 11) is -4.09. The molecule has 0 aromatic heterocycles. The average Bonchev–Trinajstić information content (AvgIpc) is 2.95. The summed E-state index contributed by atoms with van der Waals surface area (Å²) in [5.41, 5.74) is 1.32. The van der Waals surface area contributed by atoms with E-state index in [2.05, 4.69) is 5.32 Å². The second-order valence-corrected chi connectivity index (χ2v) is 11.5. The Morgan fingerprint density at radius 3 is 2.10 bits per heavy atom. The summed E-state index contributed by atoms with van der Waals surface area (Å²) in [5, 5.41) is 3.38. The van der Waals surface area contributed by atoms with E-state index in [9.17, 15) is 18.0 Å². The minimum absolute atomic E-state index is 0.0629. The van der Waals surface area contributed by atoms with E-state index < -0.39 is 28.5 Å². The van der Waals surface area contributed by atoms with Gasteiger partial charge in [-0.2, -0.15) is 0 Å². The molecule has 0 saturated carbocycles. The molecular weight excluding hydrogens is 534 g/mol. The Hall–Kier alpha value is -3.36. The van der Waals surface area contributed by atoms with Crippen molar-refractivity contribution in [1.29, 1.82) is 0 Å². The van der Waals surface area contributed by atoms with Crippen LogP contribution in [0.5, 0.6) is 0 Å². The lowest BCUT2D eigenvalue weighted by atomic mass is 10.1. The van der Waals surface area contributed by atoms with Gasteiger partial charge in [0.2, 0.25) is 11.8 Å². The largest absolute Gasteiger partial charge is 0.354 e. The van der Waals surface area contributed by atoms with Gasteiger partial charge in [0.05, 0.1) is 10.6 Å². The number of hydrogen-bond donors (Lipinski definition) is 1. The molecule has 0 aliphatic rings. The summed E-state index contributed by atoms with van der Waals surface area (Å²) in [5.74, 6) is -0.700. The van der Waals surface area contributed by atoms with E-state index in [1.807, 2.05) is 44.2 Å². The van der Waals surface area contributed by atoms with Crippen LogP contribution in [0.1, 0.15) is 38.7 Å². The number of sulfonamides is 1. The Bertz CT molecular complexity index is 1300. The molecule has 3 aromatic rings. The molecule has 2 amide bonds. The van der Waals surface area contributed by atoms with Crippen LogP contribution in [0.15, 0.2) is 89.8 Å². The van der Waals surface area contributed by atoms with Crippen LogP contribution < -0.4 is 9.62 Å². The van der Waals surface area contributed by atoms with Gasteiger partial charge in [0.15, 0.2) is 0 Å². The third-order valence-electron chi connectivity index (χ3n) is 6.42. The zero-order valence-corrected chi connectivity index (χ0v) is 24.0. The first-order valence-electron chi connectivity index (χ1n) is 13.2. The number of benzene rings is 3. The predicted molar refractivity (Wildman–Crippen MR) is 156 cm³/mol. The van der Waals surface area contributed by atoms with Crippen LogP contribution in [0.3, 0.4) is 0 Å². The Morgan fingerprint density at radius 2 is 1.51 bits per heavy atom.